The highest BCUT2D eigenvalue weighted by Crippen LogP contribution is 2.19. The highest BCUT2D eigenvalue weighted by molar-refractivity contribution is 5.81. The first-order valence-corrected chi connectivity index (χ1v) is 7.55. The third-order valence-corrected chi connectivity index (χ3v) is 3.16. The molecule has 0 radical (unpaired) electrons. The maximum atomic E-state index is 12.1. The minimum atomic E-state index is -1.04. The Kier molecular flexibility index (Phi) is 7.15. The molecule has 1 aromatic rings. The molecule has 130 valence electrons. The second-order valence-corrected chi connectivity index (χ2v) is 6.32. The number of carbonyl (C=O) groups is 2. The molecule has 8 heteroatoms. The predicted molar refractivity (Wildman–Crippen MR) is 82.0 cm³/mol. The molecule has 0 aliphatic carbocycles. The Morgan fingerprint density at radius 1 is 1.35 bits per heavy atom. The number of rotatable bonds is 9. The second kappa shape index (κ2) is 8.61. The van der Waals surface area contributed by atoms with Crippen LogP contribution in [0.4, 0.5) is 0 Å². The number of methoxy groups -OCH3 is 1. The highest BCUT2D eigenvalue weighted by Gasteiger charge is 2.21. The Balaban J connectivity index is 2.47. The van der Waals surface area contributed by atoms with E-state index in [2.05, 4.69) is 10.1 Å². The zero-order valence-corrected chi connectivity index (χ0v) is 14.2. The van der Waals surface area contributed by atoms with Crippen molar-refractivity contribution in [3.63, 3.8) is 0 Å². The molecular formula is C15H25N3O5. The summed E-state index contributed by atoms with van der Waals surface area (Å²) in [5, 5.41) is 12.8. The van der Waals surface area contributed by atoms with Crippen LogP contribution in [0.25, 0.3) is 0 Å². The molecule has 0 saturated heterocycles. The van der Waals surface area contributed by atoms with Crippen LogP contribution in [0.1, 0.15) is 45.3 Å². The summed E-state index contributed by atoms with van der Waals surface area (Å²) in [6, 6.07) is 0. The molecule has 0 aliphatic rings. The SMILES string of the molecule is COCCN(CC(=O)O)C(=O)CCCc1nc(C(C)(C)C)no1. The fraction of sp³-hybridized carbons (Fsp3) is 0.733. The number of aliphatic carboxylic acids is 1. The summed E-state index contributed by atoms with van der Waals surface area (Å²) < 4.78 is 10.1. The fourth-order valence-electron chi connectivity index (χ4n) is 1.87. The Morgan fingerprint density at radius 2 is 2.04 bits per heavy atom. The molecule has 23 heavy (non-hydrogen) atoms. The Hall–Kier alpha value is -1.96. The van der Waals surface area contributed by atoms with Crippen LogP contribution in [-0.4, -0.2) is 58.8 Å². The van der Waals surface area contributed by atoms with Gasteiger partial charge in [0.15, 0.2) is 5.82 Å². The van der Waals surface area contributed by atoms with E-state index >= 15 is 0 Å². The number of nitrogens with zero attached hydrogens (tertiary/aromatic N) is 3. The van der Waals surface area contributed by atoms with Crippen molar-refractivity contribution in [2.75, 3.05) is 26.8 Å². The van der Waals surface area contributed by atoms with Gasteiger partial charge in [0, 0.05) is 31.9 Å². The monoisotopic (exact) mass is 327 g/mol. The molecule has 1 heterocycles. The van der Waals surface area contributed by atoms with Gasteiger partial charge in [-0.2, -0.15) is 4.98 Å². The van der Waals surface area contributed by atoms with Gasteiger partial charge in [0.2, 0.25) is 11.8 Å². The summed E-state index contributed by atoms with van der Waals surface area (Å²) in [6.45, 7) is 6.21. The molecule has 0 aliphatic heterocycles. The van der Waals surface area contributed by atoms with Crippen molar-refractivity contribution in [3.05, 3.63) is 11.7 Å². The summed E-state index contributed by atoms with van der Waals surface area (Å²) in [5.74, 6) is -0.142. The minimum absolute atomic E-state index is 0.185. The summed E-state index contributed by atoms with van der Waals surface area (Å²) >= 11 is 0. The summed E-state index contributed by atoms with van der Waals surface area (Å²) in [7, 11) is 1.51. The molecule has 0 fully saturated rings. The van der Waals surface area contributed by atoms with Crippen molar-refractivity contribution in [2.24, 2.45) is 0 Å². The van der Waals surface area contributed by atoms with Gasteiger partial charge in [0.25, 0.3) is 0 Å². The molecular weight excluding hydrogens is 302 g/mol. The maximum absolute atomic E-state index is 12.1. The number of hydrogen-bond donors (Lipinski definition) is 1. The third-order valence-electron chi connectivity index (χ3n) is 3.16. The Labute approximate surface area is 135 Å². The van der Waals surface area contributed by atoms with Gasteiger partial charge >= 0.3 is 5.97 Å². The van der Waals surface area contributed by atoms with Gasteiger partial charge < -0.3 is 19.3 Å². The molecule has 1 aromatic heterocycles. The first kappa shape index (κ1) is 19.1. The summed E-state index contributed by atoms with van der Waals surface area (Å²) in [4.78, 5) is 28.5. The van der Waals surface area contributed by atoms with E-state index in [-0.39, 0.29) is 30.8 Å². The van der Waals surface area contributed by atoms with Gasteiger partial charge in [-0.1, -0.05) is 25.9 Å². The molecule has 8 nitrogen and oxygen atoms in total. The quantitative estimate of drug-likeness (QED) is 0.727. The number of amides is 1. The topological polar surface area (TPSA) is 106 Å². The van der Waals surface area contributed by atoms with E-state index in [1.54, 1.807) is 0 Å². The van der Waals surface area contributed by atoms with E-state index in [1.165, 1.54) is 12.0 Å². The van der Waals surface area contributed by atoms with Crippen molar-refractivity contribution in [3.8, 4) is 0 Å². The van der Waals surface area contributed by atoms with Crippen molar-refractivity contribution in [1.29, 1.82) is 0 Å². The lowest BCUT2D eigenvalue weighted by Gasteiger charge is -2.20. The van der Waals surface area contributed by atoms with Crippen LogP contribution < -0.4 is 0 Å². The fourth-order valence-corrected chi connectivity index (χ4v) is 1.87. The molecule has 0 spiro atoms. The third kappa shape index (κ3) is 6.77. The number of carboxylic acids is 1. The molecule has 1 amide bonds. The first-order chi connectivity index (χ1) is 10.7. The minimum Gasteiger partial charge on any atom is -0.480 e. The molecule has 0 saturated carbocycles. The lowest BCUT2D eigenvalue weighted by atomic mass is 9.96. The van der Waals surface area contributed by atoms with Crippen molar-refractivity contribution < 1.29 is 24.0 Å². The molecule has 1 N–H and O–H groups in total. The lowest BCUT2D eigenvalue weighted by molar-refractivity contribution is -0.144. The number of carbonyl (C=O) groups excluding carboxylic acids is 1. The second-order valence-electron chi connectivity index (χ2n) is 6.32. The largest absolute Gasteiger partial charge is 0.480 e. The van der Waals surface area contributed by atoms with Gasteiger partial charge in [-0.3, -0.25) is 9.59 Å². The van der Waals surface area contributed by atoms with Crippen LogP contribution in [0.3, 0.4) is 0 Å². The molecule has 1 rings (SSSR count). The van der Waals surface area contributed by atoms with Crippen molar-refractivity contribution in [2.45, 2.75) is 45.4 Å². The number of ether oxygens (including phenoxy) is 1. The number of carboxylic acid groups (broad SMARTS) is 1. The molecule has 0 aromatic carbocycles. The lowest BCUT2D eigenvalue weighted by Crippen LogP contribution is -2.37. The van der Waals surface area contributed by atoms with Crippen LogP contribution in [0.2, 0.25) is 0 Å². The van der Waals surface area contributed by atoms with Gasteiger partial charge in [0.05, 0.1) is 6.61 Å². The number of hydrogen-bond acceptors (Lipinski definition) is 6. The van der Waals surface area contributed by atoms with Crippen LogP contribution in [0.15, 0.2) is 4.52 Å². The average molecular weight is 327 g/mol. The molecule has 0 atom stereocenters. The number of aryl methyl sites for hydroxylation is 1. The number of aromatic nitrogens is 2. The Bertz CT molecular complexity index is 521. The van der Waals surface area contributed by atoms with E-state index in [0.717, 1.165) is 0 Å². The molecule has 0 bridgehead atoms. The van der Waals surface area contributed by atoms with Crippen LogP contribution in [0.5, 0.6) is 0 Å². The summed E-state index contributed by atoms with van der Waals surface area (Å²) in [5.41, 5.74) is -0.185. The standard InChI is InChI=1S/C15H25N3O5/c1-15(2,3)14-16-11(23-17-14)6-5-7-12(19)18(8-9-22-4)10-13(20)21/h5-10H2,1-4H3,(H,20,21). The van der Waals surface area contributed by atoms with Crippen molar-refractivity contribution >= 4 is 11.9 Å². The summed E-state index contributed by atoms with van der Waals surface area (Å²) in [6.07, 6.45) is 1.23. The van der Waals surface area contributed by atoms with Crippen LogP contribution >= 0.6 is 0 Å². The van der Waals surface area contributed by atoms with Gasteiger partial charge in [-0.15, -0.1) is 0 Å². The molecule has 0 unspecified atom stereocenters. The normalized spacial score (nSPS) is 11.5. The van der Waals surface area contributed by atoms with Crippen molar-refractivity contribution in [1.82, 2.24) is 15.0 Å². The zero-order valence-electron chi connectivity index (χ0n) is 14.2. The highest BCUT2D eigenvalue weighted by atomic mass is 16.5. The zero-order chi connectivity index (χ0) is 17.5. The van der Waals surface area contributed by atoms with E-state index in [0.29, 0.717) is 31.2 Å². The van der Waals surface area contributed by atoms with E-state index in [1.807, 2.05) is 20.8 Å². The first-order valence-electron chi connectivity index (χ1n) is 7.55. The van der Waals surface area contributed by atoms with Gasteiger partial charge in [-0.05, 0) is 6.42 Å². The van der Waals surface area contributed by atoms with Crippen LogP contribution in [-0.2, 0) is 26.2 Å². The van der Waals surface area contributed by atoms with Gasteiger partial charge in [-0.25, -0.2) is 0 Å². The predicted octanol–water partition coefficient (Wildman–Crippen LogP) is 1.25. The van der Waals surface area contributed by atoms with E-state index in [4.69, 9.17) is 14.4 Å². The van der Waals surface area contributed by atoms with Crippen LogP contribution in [0, 0.1) is 0 Å². The maximum Gasteiger partial charge on any atom is 0.323 e. The Morgan fingerprint density at radius 3 is 2.57 bits per heavy atom. The smallest absolute Gasteiger partial charge is 0.323 e. The van der Waals surface area contributed by atoms with Gasteiger partial charge in [0.1, 0.15) is 6.54 Å². The average Bonchev–Trinajstić information content (AvgIpc) is 2.91. The van der Waals surface area contributed by atoms with E-state index < -0.39 is 5.97 Å². The van der Waals surface area contributed by atoms with E-state index in [9.17, 15) is 9.59 Å².